The highest BCUT2D eigenvalue weighted by Gasteiger charge is 2.16. The highest BCUT2D eigenvalue weighted by molar-refractivity contribution is 5.99. The van der Waals surface area contributed by atoms with Gasteiger partial charge in [-0.15, -0.1) is 0 Å². The minimum Gasteiger partial charge on any atom is -0.399 e. The van der Waals surface area contributed by atoms with Crippen molar-refractivity contribution in [1.82, 2.24) is 4.90 Å². The first kappa shape index (κ1) is 14.7. The number of benzene rings is 1. The van der Waals surface area contributed by atoms with Gasteiger partial charge in [-0.25, -0.2) is 0 Å². The molecule has 2 rings (SSSR count). The third kappa shape index (κ3) is 3.87. The molecule has 5 heteroatoms. The molecule has 0 aromatic heterocycles. The van der Waals surface area contributed by atoms with Crippen molar-refractivity contribution < 1.29 is 4.79 Å². The topological polar surface area (TPSA) is 84.4 Å². The fourth-order valence-corrected chi connectivity index (χ4v) is 2.68. The van der Waals surface area contributed by atoms with Gasteiger partial charge >= 0.3 is 0 Å². The fraction of sp³-hybridized carbons (Fsp3) is 0.533. The van der Waals surface area contributed by atoms with Gasteiger partial charge in [0.15, 0.2) is 0 Å². The molecule has 0 unspecified atom stereocenters. The maximum atomic E-state index is 11.4. The van der Waals surface area contributed by atoms with E-state index in [1.165, 1.54) is 25.9 Å². The van der Waals surface area contributed by atoms with E-state index in [4.69, 9.17) is 11.5 Å². The average Bonchev–Trinajstić information content (AvgIpc) is 2.41. The summed E-state index contributed by atoms with van der Waals surface area (Å²) in [6.07, 6.45) is 3.61. The van der Waals surface area contributed by atoms with Crippen LogP contribution in [0.3, 0.4) is 0 Å². The minimum atomic E-state index is -0.424. The van der Waals surface area contributed by atoms with Crippen LogP contribution in [0.1, 0.15) is 29.6 Å². The van der Waals surface area contributed by atoms with Crippen LogP contribution in [0.15, 0.2) is 18.2 Å². The van der Waals surface area contributed by atoms with E-state index in [2.05, 4.69) is 17.3 Å². The second kappa shape index (κ2) is 6.61. The van der Waals surface area contributed by atoms with Crippen LogP contribution in [0.5, 0.6) is 0 Å². The number of hydrogen-bond acceptors (Lipinski definition) is 4. The summed E-state index contributed by atoms with van der Waals surface area (Å²) in [5.41, 5.74) is 13.0. The second-order valence-electron chi connectivity index (χ2n) is 5.63. The van der Waals surface area contributed by atoms with E-state index >= 15 is 0 Å². The monoisotopic (exact) mass is 276 g/mol. The average molecular weight is 276 g/mol. The Morgan fingerprint density at radius 3 is 2.75 bits per heavy atom. The predicted octanol–water partition coefficient (Wildman–Crippen LogP) is 1.51. The molecule has 0 spiro atoms. The molecule has 1 aromatic carbocycles. The Balaban J connectivity index is 1.87. The van der Waals surface area contributed by atoms with Crippen molar-refractivity contribution >= 4 is 17.3 Å². The molecule has 1 fully saturated rings. The van der Waals surface area contributed by atoms with Gasteiger partial charge in [0.05, 0.1) is 5.56 Å². The van der Waals surface area contributed by atoms with Gasteiger partial charge in [0.2, 0.25) is 0 Å². The van der Waals surface area contributed by atoms with Crippen LogP contribution in [0.2, 0.25) is 0 Å². The van der Waals surface area contributed by atoms with Crippen molar-refractivity contribution in [2.75, 3.05) is 37.7 Å². The number of likely N-dealkylation sites (tertiary alicyclic amines) is 1. The molecule has 20 heavy (non-hydrogen) atoms. The Morgan fingerprint density at radius 2 is 2.10 bits per heavy atom. The van der Waals surface area contributed by atoms with Crippen molar-refractivity contribution in [2.24, 2.45) is 11.7 Å². The Morgan fingerprint density at radius 1 is 1.40 bits per heavy atom. The van der Waals surface area contributed by atoms with Crippen LogP contribution in [0.25, 0.3) is 0 Å². The summed E-state index contributed by atoms with van der Waals surface area (Å²) in [5, 5.41) is 3.30. The van der Waals surface area contributed by atoms with E-state index in [9.17, 15) is 4.79 Å². The van der Waals surface area contributed by atoms with Crippen molar-refractivity contribution in [3.8, 4) is 0 Å². The second-order valence-corrected chi connectivity index (χ2v) is 5.63. The Bertz CT molecular complexity index is 467. The summed E-state index contributed by atoms with van der Waals surface area (Å²) in [6.45, 7) is 3.20. The molecule has 1 heterocycles. The first-order valence-corrected chi connectivity index (χ1v) is 7.18. The number of nitrogen functional groups attached to an aromatic ring is 1. The quantitative estimate of drug-likeness (QED) is 0.712. The molecular formula is C15H24N4O. The Labute approximate surface area is 120 Å². The number of anilines is 2. The van der Waals surface area contributed by atoms with Gasteiger partial charge in [-0.05, 0) is 63.5 Å². The molecule has 1 aliphatic heterocycles. The largest absolute Gasteiger partial charge is 0.399 e. The number of carbonyl (C=O) groups is 1. The Hall–Kier alpha value is -1.75. The first-order valence-electron chi connectivity index (χ1n) is 7.18. The molecule has 5 nitrogen and oxygen atoms in total. The van der Waals surface area contributed by atoms with Gasteiger partial charge in [-0.3, -0.25) is 4.79 Å². The summed E-state index contributed by atoms with van der Waals surface area (Å²) < 4.78 is 0. The van der Waals surface area contributed by atoms with Gasteiger partial charge in [0, 0.05) is 17.9 Å². The highest BCUT2D eigenvalue weighted by Crippen LogP contribution is 2.22. The number of nitrogens with two attached hydrogens (primary N) is 2. The number of nitrogens with one attached hydrogen (secondary N) is 1. The summed E-state index contributed by atoms with van der Waals surface area (Å²) in [7, 11) is 2.17. The van der Waals surface area contributed by atoms with Crippen LogP contribution in [0, 0.1) is 5.92 Å². The number of nitrogens with zero attached hydrogens (tertiary/aromatic N) is 1. The number of amides is 1. The van der Waals surface area contributed by atoms with E-state index in [0.29, 0.717) is 11.3 Å². The lowest BCUT2D eigenvalue weighted by Crippen LogP contribution is -2.31. The normalized spacial score (nSPS) is 17.1. The third-order valence-corrected chi connectivity index (χ3v) is 4.02. The van der Waals surface area contributed by atoms with Crippen molar-refractivity contribution in [1.29, 1.82) is 0 Å². The number of hydrogen-bond donors (Lipinski definition) is 3. The zero-order chi connectivity index (χ0) is 14.5. The molecule has 0 atom stereocenters. The standard InChI is InChI=1S/C15H24N4O/c1-19-8-5-11(6-9-19)4-7-18-14-10-12(16)2-3-13(14)15(17)20/h2-3,10-11,18H,4-9,16H2,1H3,(H2,17,20). The Kier molecular flexibility index (Phi) is 4.84. The van der Waals surface area contributed by atoms with E-state index in [-0.39, 0.29) is 0 Å². The summed E-state index contributed by atoms with van der Waals surface area (Å²) in [4.78, 5) is 13.7. The summed E-state index contributed by atoms with van der Waals surface area (Å²) in [6, 6.07) is 5.15. The van der Waals surface area contributed by atoms with Gasteiger partial charge in [0.25, 0.3) is 5.91 Å². The van der Waals surface area contributed by atoms with Gasteiger partial charge < -0.3 is 21.7 Å². The molecule has 1 amide bonds. The molecular weight excluding hydrogens is 252 g/mol. The predicted molar refractivity (Wildman–Crippen MR) is 82.7 cm³/mol. The minimum absolute atomic E-state index is 0.424. The smallest absolute Gasteiger partial charge is 0.250 e. The highest BCUT2D eigenvalue weighted by atomic mass is 16.1. The van der Waals surface area contributed by atoms with Gasteiger partial charge in [0.1, 0.15) is 0 Å². The molecule has 110 valence electrons. The maximum absolute atomic E-state index is 11.4. The van der Waals surface area contributed by atoms with E-state index in [1.807, 2.05) is 0 Å². The molecule has 0 aliphatic carbocycles. The van der Waals surface area contributed by atoms with Crippen LogP contribution >= 0.6 is 0 Å². The van der Waals surface area contributed by atoms with Crippen molar-refractivity contribution in [3.05, 3.63) is 23.8 Å². The van der Waals surface area contributed by atoms with Crippen molar-refractivity contribution in [2.45, 2.75) is 19.3 Å². The van der Waals surface area contributed by atoms with Gasteiger partial charge in [-0.1, -0.05) is 0 Å². The number of primary amides is 1. The number of rotatable bonds is 5. The van der Waals surface area contributed by atoms with E-state index in [0.717, 1.165) is 24.6 Å². The first-order chi connectivity index (χ1) is 9.56. The van der Waals surface area contributed by atoms with Crippen LogP contribution in [0.4, 0.5) is 11.4 Å². The molecule has 1 saturated heterocycles. The third-order valence-electron chi connectivity index (χ3n) is 4.02. The van der Waals surface area contributed by atoms with Gasteiger partial charge in [-0.2, -0.15) is 0 Å². The maximum Gasteiger partial charge on any atom is 0.250 e. The summed E-state index contributed by atoms with van der Waals surface area (Å²) in [5.74, 6) is 0.337. The molecule has 0 saturated carbocycles. The number of carbonyl (C=O) groups excluding carboxylic acids is 1. The lowest BCUT2D eigenvalue weighted by atomic mass is 9.94. The summed E-state index contributed by atoms with van der Waals surface area (Å²) >= 11 is 0. The SMILES string of the molecule is CN1CCC(CCNc2cc(N)ccc2C(N)=O)CC1. The van der Waals surface area contributed by atoms with E-state index in [1.54, 1.807) is 18.2 Å². The lowest BCUT2D eigenvalue weighted by molar-refractivity contribution is 0.100. The number of piperidine rings is 1. The molecule has 0 bridgehead atoms. The van der Waals surface area contributed by atoms with Crippen molar-refractivity contribution in [3.63, 3.8) is 0 Å². The molecule has 0 radical (unpaired) electrons. The molecule has 1 aromatic rings. The molecule has 5 N–H and O–H groups in total. The van der Waals surface area contributed by atoms with E-state index < -0.39 is 5.91 Å². The fourth-order valence-electron chi connectivity index (χ4n) is 2.68. The zero-order valence-corrected chi connectivity index (χ0v) is 12.1. The van der Waals surface area contributed by atoms with Crippen LogP contribution in [-0.2, 0) is 0 Å². The van der Waals surface area contributed by atoms with Crippen LogP contribution < -0.4 is 16.8 Å². The van der Waals surface area contributed by atoms with Crippen LogP contribution in [-0.4, -0.2) is 37.5 Å². The zero-order valence-electron chi connectivity index (χ0n) is 12.1. The lowest BCUT2D eigenvalue weighted by Gasteiger charge is -2.29. The molecule has 1 aliphatic rings.